The van der Waals surface area contributed by atoms with E-state index >= 15 is 0 Å². The molecular weight excluding hydrogens is 308 g/mol. The van der Waals surface area contributed by atoms with Crippen LogP contribution in [0, 0.1) is 5.92 Å². The SMILES string of the molecule is CCOc1n[nH]c([C@H](CC(C)C)NC(=O)OCc2ccccc2)n1. The van der Waals surface area contributed by atoms with Gasteiger partial charge < -0.3 is 14.8 Å². The molecule has 0 aliphatic carbocycles. The predicted octanol–water partition coefficient (Wildman–Crippen LogP) is 3.22. The lowest BCUT2D eigenvalue weighted by atomic mass is 10.0. The van der Waals surface area contributed by atoms with Crippen molar-refractivity contribution in [1.29, 1.82) is 0 Å². The second-order valence-corrected chi connectivity index (χ2v) is 5.82. The average Bonchev–Trinajstić information content (AvgIpc) is 3.02. The first kappa shape index (κ1) is 17.8. The van der Waals surface area contributed by atoms with Gasteiger partial charge in [-0.15, -0.1) is 5.10 Å². The van der Waals surface area contributed by atoms with Crippen molar-refractivity contribution in [1.82, 2.24) is 20.5 Å². The van der Waals surface area contributed by atoms with E-state index in [1.54, 1.807) is 0 Å². The molecule has 0 saturated carbocycles. The van der Waals surface area contributed by atoms with Crippen LogP contribution in [-0.4, -0.2) is 27.9 Å². The molecular formula is C17H24N4O3. The number of amides is 1. The van der Waals surface area contributed by atoms with Crippen molar-refractivity contribution in [3.8, 4) is 6.01 Å². The number of benzene rings is 1. The molecule has 7 nitrogen and oxygen atoms in total. The van der Waals surface area contributed by atoms with Gasteiger partial charge >= 0.3 is 12.1 Å². The number of carbonyl (C=O) groups excluding carboxylic acids is 1. The number of aromatic nitrogens is 3. The first-order valence-corrected chi connectivity index (χ1v) is 8.10. The number of rotatable bonds is 8. The molecule has 2 N–H and O–H groups in total. The minimum Gasteiger partial charge on any atom is -0.463 e. The van der Waals surface area contributed by atoms with Crippen LogP contribution in [0.15, 0.2) is 30.3 Å². The van der Waals surface area contributed by atoms with Gasteiger partial charge in [-0.2, -0.15) is 4.98 Å². The van der Waals surface area contributed by atoms with Gasteiger partial charge in [-0.25, -0.2) is 4.79 Å². The summed E-state index contributed by atoms with van der Waals surface area (Å²) in [5, 5.41) is 9.64. The molecule has 0 saturated heterocycles. The molecule has 7 heteroatoms. The minimum atomic E-state index is -0.487. The van der Waals surface area contributed by atoms with Crippen LogP contribution in [0.25, 0.3) is 0 Å². The summed E-state index contributed by atoms with van der Waals surface area (Å²) < 4.78 is 10.5. The summed E-state index contributed by atoms with van der Waals surface area (Å²) in [4.78, 5) is 16.4. The average molecular weight is 332 g/mol. The maximum atomic E-state index is 12.1. The maximum absolute atomic E-state index is 12.1. The normalized spacial score (nSPS) is 12.0. The van der Waals surface area contributed by atoms with Crippen molar-refractivity contribution in [2.75, 3.05) is 6.61 Å². The summed E-state index contributed by atoms with van der Waals surface area (Å²) in [7, 11) is 0. The summed E-state index contributed by atoms with van der Waals surface area (Å²) in [6, 6.07) is 9.51. The fourth-order valence-corrected chi connectivity index (χ4v) is 2.22. The van der Waals surface area contributed by atoms with Crippen LogP contribution in [-0.2, 0) is 11.3 Å². The number of hydrogen-bond donors (Lipinski definition) is 2. The fourth-order valence-electron chi connectivity index (χ4n) is 2.22. The molecule has 0 bridgehead atoms. The molecule has 1 heterocycles. The number of aromatic amines is 1. The van der Waals surface area contributed by atoms with E-state index in [4.69, 9.17) is 9.47 Å². The first-order chi connectivity index (χ1) is 11.6. The Morgan fingerprint density at radius 3 is 2.71 bits per heavy atom. The zero-order chi connectivity index (χ0) is 17.4. The van der Waals surface area contributed by atoms with E-state index in [0.717, 1.165) is 5.56 Å². The third-order valence-corrected chi connectivity index (χ3v) is 3.30. The zero-order valence-corrected chi connectivity index (χ0v) is 14.3. The molecule has 0 spiro atoms. The van der Waals surface area contributed by atoms with Crippen LogP contribution in [0.1, 0.15) is 44.6 Å². The van der Waals surface area contributed by atoms with Crippen LogP contribution < -0.4 is 10.1 Å². The van der Waals surface area contributed by atoms with Gasteiger partial charge in [0.1, 0.15) is 6.61 Å². The standard InChI is InChI=1S/C17H24N4O3/c1-4-23-16-19-15(20-21-16)14(10-12(2)3)18-17(22)24-11-13-8-6-5-7-9-13/h5-9,12,14H,4,10-11H2,1-3H3,(H,18,22)(H,19,20,21)/t14-/m0/s1. The number of H-pyrrole nitrogens is 1. The van der Waals surface area contributed by atoms with Crippen molar-refractivity contribution in [2.45, 2.75) is 39.8 Å². The highest BCUT2D eigenvalue weighted by Gasteiger charge is 2.21. The number of carbonyl (C=O) groups is 1. The Kier molecular flexibility index (Phi) is 6.60. The number of hydrogen-bond acceptors (Lipinski definition) is 5. The van der Waals surface area contributed by atoms with Crippen LogP contribution >= 0.6 is 0 Å². The summed E-state index contributed by atoms with van der Waals surface area (Å²) in [5.41, 5.74) is 0.936. The molecule has 24 heavy (non-hydrogen) atoms. The molecule has 1 aromatic carbocycles. The molecule has 0 fully saturated rings. The number of alkyl carbamates (subject to hydrolysis) is 1. The zero-order valence-electron chi connectivity index (χ0n) is 14.3. The monoisotopic (exact) mass is 332 g/mol. The maximum Gasteiger partial charge on any atom is 0.408 e. The van der Waals surface area contributed by atoms with E-state index in [1.807, 2.05) is 37.3 Å². The van der Waals surface area contributed by atoms with Crippen LogP contribution in [0.5, 0.6) is 6.01 Å². The van der Waals surface area contributed by atoms with Gasteiger partial charge in [-0.1, -0.05) is 44.2 Å². The van der Waals surface area contributed by atoms with Crippen LogP contribution in [0.2, 0.25) is 0 Å². The Morgan fingerprint density at radius 1 is 1.29 bits per heavy atom. The van der Waals surface area contributed by atoms with Crippen LogP contribution in [0.4, 0.5) is 4.79 Å². The lowest BCUT2D eigenvalue weighted by Gasteiger charge is -2.18. The van der Waals surface area contributed by atoms with Gasteiger partial charge in [0.05, 0.1) is 12.6 Å². The van der Waals surface area contributed by atoms with Crippen molar-refractivity contribution in [3.05, 3.63) is 41.7 Å². The van der Waals surface area contributed by atoms with E-state index < -0.39 is 6.09 Å². The summed E-state index contributed by atoms with van der Waals surface area (Å²) >= 11 is 0. The number of nitrogens with one attached hydrogen (secondary N) is 2. The molecule has 0 unspecified atom stereocenters. The molecule has 1 aromatic heterocycles. The molecule has 1 atom stereocenters. The quantitative estimate of drug-likeness (QED) is 0.775. The Balaban J connectivity index is 1.95. The van der Waals surface area contributed by atoms with Gasteiger partial charge in [-0.05, 0) is 24.8 Å². The van der Waals surface area contributed by atoms with Gasteiger partial charge in [0.2, 0.25) is 0 Å². The van der Waals surface area contributed by atoms with Crippen molar-refractivity contribution >= 4 is 6.09 Å². The van der Waals surface area contributed by atoms with Gasteiger partial charge in [0.25, 0.3) is 0 Å². The molecule has 130 valence electrons. The number of nitrogens with zero attached hydrogens (tertiary/aromatic N) is 2. The summed E-state index contributed by atoms with van der Waals surface area (Å²) in [6.45, 7) is 6.72. The van der Waals surface area contributed by atoms with E-state index in [0.29, 0.717) is 24.8 Å². The van der Waals surface area contributed by atoms with Crippen molar-refractivity contribution < 1.29 is 14.3 Å². The molecule has 0 aliphatic rings. The summed E-state index contributed by atoms with van der Waals surface area (Å²) in [5.74, 6) is 0.925. The summed E-state index contributed by atoms with van der Waals surface area (Å²) in [6.07, 6.45) is 0.222. The first-order valence-electron chi connectivity index (χ1n) is 8.10. The van der Waals surface area contributed by atoms with Gasteiger partial charge in [0.15, 0.2) is 5.82 Å². The Hall–Kier alpha value is -2.57. The molecule has 2 aromatic rings. The predicted molar refractivity (Wildman–Crippen MR) is 89.5 cm³/mol. The number of ether oxygens (including phenoxy) is 2. The fraction of sp³-hybridized carbons (Fsp3) is 0.471. The topological polar surface area (TPSA) is 89.1 Å². The molecule has 1 amide bonds. The third kappa shape index (κ3) is 5.57. The largest absolute Gasteiger partial charge is 0.463 e. The van der Waals surface area contributed by atoms with Crippen molar-refractivity contribution in [3.63, 3.8) is 0 Å². The van der Waals surface area contributed by atoms with Gasteiger partial charge in [0, 0.05) is 0 Å². The van der Waals surface area contributed by atoms with Crippen LogP contribution in [0.3, 0.4) is 0 Å². The highest BCUT2D eigenvalue weighted by atomic mass is 16.5. The van der Waals surface area contributed by atoms with E-state index in [1.165, 1.54) is 0 Å². The Labute approximate surface area is 141 Å². The van der Waals surface area contributed by atoms with Gasteiger partial charge in [-0.3, -0.25) is 5.10 Å². The molecule has 2 rings (SSSR count). The van der Waals surface area contributed by atoms with E-state index in [2.05, 4.69) is 34.3 Å². The minimum absolute atomic E-state index is 0.224. The lowest BCUT2D eigenvalue weighted by molar-refractivity contribution is 0.133. The highest BCUT2D eigenvalue weighted by Crippen LogP contribution is 2.20. The Bertz CT molecular complexity index is 628. The highest BCUT2D eigenvalue weighted by molar-refractivity contribution is 5.67. The van der Waals surface area contributed by atoms with Crippen molar-refractivity contribution in [2.24, 2.45) is 5.92 Å². The second kappa shape index (κ2) is 8.90. The molecule has 0 radical (unpaired) electrons. The smallest absolute Gasteiger partial charge is 0.408 e. The van der Waals surface area contributed by atoms with E-state index in [-0.39, 0.29) is 18.7 Å². The molecule has 0 aliphatic heterocycles. The lowest BCUT2D eigenvalue weighted by Crippen LogP contribution is -2.30. The second-order valence-electron chi connectivity index (χ2n) is 5.82. The third-order valence-electron chi connectivity index (χ3n) is 3.30. The Morgan fingerprint density at radius 2 is 2.04 bits per heavy atom. The van der Waals surface area contributed by atoms with E-state index in [9.17, 15) is 4.79 Å².